The van der Waals surface area contributed by atoms with Crippen molar-refractivity contribution >= 4 is 12.0 Å². The molecule has 0 N–H and O–H groups in total. The summed E-state index contributed by atoms with van der Waals surface area (Å²) in [5.41, 5.74) is -0.0265. The number of amides is 2. The minimum Gasteiger partial charge on any atom is -0.444 e. The van der Waals surface area contributed by atoms with E-state index in [0.717, 1.165) is 38.8 Å². The van der Waals surface area contributed by atoms with Gasteiger partial charge in [0.15, 0.2) is 0 Å². The lowest BCUT2D eigenvalue weighted by molar-refractivity contribution is -0.138. The van der Waals surface area contributed by atoms with Crippen molar-refractivity contribution in [1.29, 1.82) is 0 Å². The first kappa shape index (κ1) is 18.5. The molecule has 2 heterocycles. The highest BCUT2D eigenvalue weighted by atomic mass is 16.6. The second kappa shape index (κ2) is 7.16. The molecule has 2 aliphatic heterocycles. The molecule has 1 atom stereocenters. The van der Waals surface area contributed by atoms with Crippen LogP contribution in [0.1, 0.15) is 78.6 Å². The zero-order valence-corrected chi connectivity index (χ0v) is 16.2. The normalized spacial score (nSPS) is 26.8. The van der Waals surface area contributed by atoms with Crippen molar-refractivity contribution in [2.24, 2.45) is 5.41 Å². The number of carbonyl (C=O) groups excluding carboxylic acids is 2. The van der Waals surface area contributed by atoms with E-state index in [0.29, 0.717) is 12.0 Å². The Labute approximate surface area is 152 Å². The van der Waals surface area contributed by atoms with E-state index in [4.69, 9.17) is 4.74 Å². The van der Waals surface area contributed by atoms with Crippen molar-refractivity contribution in [2.75, 3.05) is 19.6 Å². The van der Waals surface area contributed by atoms with Crippen LogP contribution in [-0.4, -0.2) is 53.1 Å². The largest absolute Gasteiger partial charge is 0.444 e. The molecule has 0 aromatic heterocycles. The first-order valence-corrected chi connectivity index (χ1v) is 10.1. The van der Waals surface area contributed by atoms with Gasteiger partial charge < -0.3 is 9.64 Å². The molecular formula is C20H34N2O3. The van der Waals surface area contributed by atoms with Crippen LogP contribution in [0.15, 0.2) is 0 Å². The molecular weight excluding hydrogens is 316 g/mol. The van der Waals surface area contributed by atoms with Crippen LogP contribution in [0.3, 0.4) is 0 Å². The molecule has 0 aromatic carbocycles. The second-order valence-electron chi connectivity index (χ2n) is 9.22. The molecule has 0 radical (unpaired) electrons. The Morgan fingerprint density at radius 2 is 1.56 bits per heavy atom. The lowest BCUT2D eigenvalue weighted by atomic mass is 9.68. The van der Waals surface area contributed by atoms with Crippen LogP contribution in [0.2, 0.25) is 0 Å². The standard InChI is InChI=1S/C20H34N2O3/c1-19(2,3)25-18(24)22-13-7-8-16(22)17(23)21-14-11-20(12-15-21)9-5-4-6-10-20/h16H,4-15H2,1-3H3/t16-/m0/s1. The molecule has 142 valence electrons. The Morgan fingerprint density at radius 3 is 2.16 bits per heavy atom. The fraction of sp³-hybridized carbons (Fsp3) is 0.900. The summed E-state index contributed by atoms with van der Waals surface area (Å²) in [6, 6.07) is -0.324. The summed E-state index contributed by atoms with van der Waals surface area (Å²) >= 11 is 0. The minimum atomic E-state index is -0.522. The van der Waals surface area contributed by atoms with Gasteiger partial charge in [-0.15, -0.1) is 0 Å². The van der Waals surface area contributed by atoms with Gasteiger partial charge in [-0.3, -0.25) is 9.69 Å². The van der Waals surface area contributed by atoms with Gasteiger partial charge in [-0.1, -0.05) is 19.3 Å². The van der Waals surface area contributed by atoms with E-state index in [9.17, 15) is 9.59 Å². The molecule has 25 heavy (non-hydrogen) atoms. The van der Waals surface area contributed by atoms with Gasteiger partial charge in [-0.2, -0.15) is 0 Å². The molecule has 1 saturated carbocycles. The smallest absolute Gasteiger partial charge is 0.410 e. The van der Waals surface area contributed by atoms with Gasteiger partial charge in [0.05, 0.1) is 0 Å². The van der Waals surface area contributed by atoms with Crippen LogP contribution >= 0.6 is 0 Å². The minimum absolute atomic E-state index is 0.133. The molecule has 3 rings (SSSR count). The van der Waals surface area contributed by atoms with Crippen LogP contribution in [0, 0.1) is 5.41 Å². The van der Waals surface area contributed by atoms with Gasteiger partial charge in [0.2, 0.25) is 5.91 Å². The zero-order chi connectivity index (χ0) is 18.1. The fourth-order valence-electron chi connectivity index (χ4n) is 4.78. The molecule has 0 aromatic rings. The maximum absolute atomic E-state index is 13.0. The van der Waals surface area contributed by atoms with E-state index in [2.05, 4.69) is 0 Å². The SMILES string of the molecule is CC(C)(C)OC(=O)N1CCC[C@H]1C(=O)N1CCC2(CCCCC2)CC1. The first-order valence-electron chi connectivity index (χ1n) is 10.1. The molecule has 3 fully saturated rings. The molecule has 0 bridgehead atoms. The van der Waals surface area contributed by atoms with Gasteiger partial charge in [-0.05, 0) is 64.7 Å². The lowest BCUT2D eigenvalue weighted by Gasteiger charge is -2.45. The lowest BCUT2D eigenvalue weighted by Crippen LogP contribution is -2.52. The van der Waals surface area contributed by atoms with E-state index in [1.165, 1.54) is 32.1 Å². The number of nitrogens with zero attached hydrogens (tertiary/aromatic N) is 2. The third-order valence-electron chi connectivity index (χ3n) is 6.22. The molecule has 2 saturated heterocycles. The third kappa shape index (κ3) is 4.29. The zero-order valence-electron chi connectivity index (χ0n) is 16.2. The van der Waals surface area contributed by atoms with Gasteiger partial charge in [0, 0.05) is 19.6 Å². The van der Waals surface area contributed by atoms with Crippen LogP contribution in [0.5, 0.6) is 0 Å². The monoisotopic (exact) mass is 350 g/mol. The molecule has 1 aliphatic carbocycles. The Balaban J connectivity index is 1.58. The van der Waals surface area contributed by atoms with Crippen LogP contribution < -0.4 is 0 Å². The highest BCUT2D eigenvalue weighted by Crippen LogP contribution is 2.44. The van der Waals surface area contributed by atoms with E-state index in [-0.39, 0.29) is 18.0 Å². The summed E-state index contributed by atoms with van der Waals surface area (Å²) in [6.45, 7) is 7.95. The maximum atomic E-state index is 13.0. The van der Waals surface area contributed by atoms with Gasteiger partial charge in [-0.25, -0.2) is 4.79 Å². The Bertz CT molecular complexity index is 496. The van der Waals surface area contributed by atoms with Crippen molar-refractivity contribution in [2.45, 2.75) is 90.2 Å². The fourth-order valence-corrected chi connectivity index (χ4v) is 4.78. The second-order valence-corrected chi connectivity index (χ2v) is 9.22. The Kier molecular flexibility index (Phi) is 5.31. The summed E-state index contributed by atoms with van der Waals surface area (Å²) in [6.07, 6.45) is 10.3. The molecule has 3 aliphatic rings. The molecule has 1 spiro atoms. The van der Waals surface area contributed by atoms with Crippen molar-refractivity contribution < 1.29 is 14.3 Å². The van der Waals surface area contributed by atoms with E-state index in [1.807, 2.05) is 25.7 Å². The predicted octanol–water partition coefficient (Wildman–Crippen LogP) is 3.96. The van der Waals surface area contributed by atoms with E-state index in [1.54, 1.807) is 4.90 Å². The maximum Gasteiger partial charge on any atom is 0.410 e. The number of piperidine rings is 1. The van der Waals surface area contributed by atoms with Crippen molar-refractivity contribution in [3.8, 4) is 0 Å². The number of hydrogen-bond acceptors (Lipinski definition) is 3. The third-order valence-corrected chi connectivity index (χ3v) is 6.22. The number of rotatable bonds is 1. The van der Waals surface area contributed by atoms with Gasteiger partial charge in [0.1, 0.15) is 11.6 Å². The molecule has 0 unspecified atom stereocenters. The number of ether oxygens (including phenoxy) is 1. The summed E-state index contributed by atoms with van der Waals surface area (Å²) in [7, 11) is 0. The van der Waals surface area contributed by atoms with Crippen molar-refractivity contribution in [3.63, 3.8) is 0 Å². The Hall–Kier alpha value is -1.26. The first-order chi connectivity index (χ1) is 11.8. The highest BCUT2D eigenvalue weighted by molar-refractivity contribution is 5.86. The average molecular weight is 351 g/mol. The highest BCUT2D eigenvalue weighted by Gasteiger charge is 2.42. The summed E-state index contributed by atoms with van der Waals surface area (Å²) in [5, 5.41) is 0. The van der Waals surface area contributed by atoms with Crippen molar-refractivity contribution in [3.05, 3.63) is 0 Å². The van der Waals surface area contributed by atoms with Crippen molar-refractivity contribution in [1.82, 2.24) is 9.80 Å². The van der Waals surface area contributed by atoms with Gasteiger partial charge >= 0.3 is 6.09 Å². The Morgan fingerprint density at radius 1 is 0.920 bits per heavy atom. The number of likely N-dealkylation sites (tertiary alicyclic amines) is 2. The summed E-state index contributed by atoms with van der Waals surface area (Å²) in [4.78, 5) is 29.1. The predicted molar refractivity (Wildman–Crippen MR) is 97.3 cm³/mol. The van der Waals surface area contributed by atoms with Crippen LogP contribution in [0.25, 0.3) is 0 Å². The van der Waals surface area contributed by atoms with E-state index >= 15 is 0 Å². The van der Waals surface area contributed by atoms with E-state index < -0.39 is 5.60 Å². The average Bonchev–Trinajstić information content (AvgIpc) is 3.04. The van der Waals surface area contributed by atoms with Crippen LogP contribution in [-0.2, 0) is 9.53 Å². The topological polar surface area (TPSA) is 49.9 Å². The quantitative estimate of drug-likeness (QED) is 0.719. The molecule has 2 amide bonds. The summed E-state index contributed by atoms with van der Waals surface area (Å²) in [5.74, 6) is 0.133. The summed E-state index contributed by atoms with van der Waals surface area (Å²) < 4.78 is 5.50. The van der Waals surface area contributed by atoms with Gasteiger partial charge in [0.25, 0.3) is 0 Å². The number of hydrogen-bond donors (Lipinski definition) is 0. The molecule has 5 heteroatoms. The molecule has 5 nitrogen and oxygen atoms in total. The van der Waals surface area contributed by atoms with Crippen LogP contribution in [0.4, 0.5) is 4.79 Å². The number of carbonyl (C=O) groups is 2.